The van der Waals surface area contributed by atoms with Crippen molar-refractivity contribution in [3.05, 3.63) is 60.0 Å². The van der Waals surface area contributed by atoms with Gasteiger partial charge in [0.15, 0.2) is 0 Å². The third-order valence-electron chi connectivity index (χ3n) is 4.62. The van der Waals surface area contributed by atoms with E-state index in [1.54, 1.807) is 47.4 Å². The van der Waals surface area contributed by atoms with Gasteiger partial charge in [-0.25, -0.2) is 0 Å². The van der Waals surface area contributed by atoms with Crippen molar-refractivity contribution in [2.45, 2.75) is 37.5 Å². The van der Waals surface area contributed by atoms with E-state index < -0.39 is 18.6 Å². The quantitative estimate of drug-likeness (QED) is 0.538. The van der Waals surface area contributed by atoms with Crippen LogP contribution in [-0.2, 0) is 12.4 Å². The number of nitrogens with zero attached hydrogens (tertiary/aromatic N) is 4. The zero-order valence-electron chi connectivity index (χ0n) is 15.9. The lowest BCUT2D eigenvalue weighted by molar-refractivity contribution is -0.136. The van der Waals surface area contributed by atoms with Gasteiger partial charge in [-0.3, -0.25) is 9.67 Å². The standard InChI is InChI=1S/C21H19ClF3N5/c22-11-18-19(15-5-8-28-9-6-15)20(16-3-1-2-14(10-16)12-26)29-30(18)13-17(27)4-7-21(23,24)25/h1-3,5-6,8-10,17H,4,7,11,13,27H2/t17-/m1/s1. The zero-order chi connectivity index (χ0) is 21.7. The van der Waals surface area contributed by atoms with Crippen LogP contribution in [0.5, 0.6) is 0 Å². The maximum atomic E-state index is 12.6. The second kappa shape index (κ2) is 9.28. The Kier molecular flexibility index (Phi) is 6.75. The average molecular weight is 434 g/mol. The summed E-state index contributed by atoms with van der Waals surface area (Å²) < 4.78 is 39.2. The highest BCUT2D eigenvalue weighted by Gasteiger charge is 2.28. The highest BCUT2D eigenvalue weighted by molar-refractivity contribution is 6.17. The molecule has 0 aliphatic carbocycles. The number of nitriles is 1. The van der Waals surface area contributed by atoms with E-state index in [9.17, 15) is 18.4 Å². The number of hydrogen-bond acceptors (Lipinski definition) is 4. The summed E-state index contributed by atoms with van der Waals surface area (Å²) in [6.45, 7) is 0.0914. The van der Waals surface area contributed by atoms with Crippen LogP contribution in [0.25, 0.3) is 22.4 Å². The van der Waals surface area contributed by atoms with Crippen LogP contribution in [0.4, 0.5) is 13.2 Å². The fourth-order valence-corrected chi connectivity index (χ4v) is 3.48. The number of pyridine rings is 1. The summed E-state index contributed by atoms with van der Waals surface area (Å²) in [5.74, 6) is 0.0919. The molecule has 0 amide bonds. The molecular weight excluding hydrogens is 415 g/mol. The minimum absolute atomic E-state index is 0.0914. The number of halogens is 4. The Hall–Kier alpha value is -2.89. The van der Waals surface area contributed by atoms with E-state index in [0.717, 1.165) is 11.1 Å². The monoisotopic (exact) mass is 433 g/mol. The van der Waals surface area contributed by atoms with Crippen LogP contribution in [0, 0.1) is 11.3 Å². The lowest BCUT2D eigenvalue weighted by atomic mass is 9.99. The Labute approximate surface area is 176 Å². The van der Waals surface area contributed by atoms with Crippen molar-refractivity contribution in [3.63, 3.8) is 0 Å². The van der Waals surface area contributed by atoms with Crippen molar-refractivity contribution >= 4 is 11.6 Å². The highest BCUT2D eigenvalue weighted by atomic mass is 35.5. The summed E-state index contributed by atoms with van der Waals surface area (Å²) in [4.78, 5) is 4.03. The lowest BCUT2D eigenvalue weighted by Gasteiger charge is -2.15. The molecule has 0 radical (unpaired) electrons. The molecule has 0 spiro atoms. The number of rotatable bonds is 7. The zero-order valence-corrected chi connectivity index (χ0v) is 16.7. The van der Waals surface area contributed by atoms with Crippen molar-refractivity contribution in [2.75, 3.05) is 0 Å². The number of benzene rings is 1. The Morgan fingerprint density at radius 2 is 1.90 bits per heavy atom. The molecule has 1 atom stereocenters. The maximum Gasteiger partial charge on any atom is 0.389 e. The van der Waals surface area contributed by atoms with Crippen molar-refractivity contribution in [1.82, 2.24) is 14.8 Å². The third-order valence-corrected chi connectivity index (χ3v) is 4.88. The molecule has 2 heterocycles. The van der Waals surface area contributed by atoms with E-state index >= 15 is 0 Å². The summed E-state index contributed by atoms with van der Waals surface area (Å²) in [5, 5.41) is 13.9. The first-order valence-electron chi connectivity index (χ1n) is 9.21. The van der Waals surface area contributed by atoms with Gasteiger partial charge in [-0.2, -0.15) is 23.5 Å². The Balaban J connectivity index is 2.06. The van der Waals surface area contributed by atoms with Gasteiger partial charge < -0.3 is 5.73 Å². The van der Waals surface area contributed by atoms with Gasteiger partial charge in [-0.15, -0.1) is 11.6 Å². The van der Waals surface area contributed by atoms with Gasteiger partial charge in [0.2, 0.25) is 0 Å². The summed E-state index contributed by atoms with van der Waals surface area (Å²) in [6.07, 6.45) is -2.17. The summed E-state index contributed by atoms with van der Waals surface area (Å²) in [5.41, 5.74) is 9.91. The molecule has 5 nitrogen and oxygen atoms in total. The first-order chi connectivity index (χ1) is 14.3. The normalized spacial score (nSPS) is 12.5. The fraction of sp³-hybridized carbons (Fsp3) is 0.286. The second-order valence-electron chi connectivity index (χ2n) is 6.83. The van der Waals surface area contributed by atoms with E-state index in [4.69, 9.17) is 17.3 Å². The average Bonchev–Trinajstić information content (AvgIpc) is 3.10. The fourth-order valence-electron chi connectivity index (χ4n) is 3.21. The van der Waals surface area contributed by atoms with Gasteiger partial charge in [-0.1, -0.05) is 12.1 Å². The van der Waals surface area contributed by atoms with E-state index in [0.29, 0.717) is 22.5 Å². The highest BCUT2D eigenvalue weighted by Crippen LogP contribution is 2.36. The van der Waals surface area contributed by atoms with Gasteiger partial charge in [0, 0.05) is 36.0 Å². The van der Waals surface area contributed by atoms with E-state index in [1.165, 1.54) is 0 Å². The van der Waals surface area contributed by atoms with Crippen LogP contribution in [-0.4, -0.2) is 27.0 Å². The molecule has 2 N–H and O–H groups in total. The van der Waals surface area contributed by atoms with Crippen LogP contribution < -0.4 is 5.73 Å². The van der Waals surface area contributed by atoms with Crippen LogP contribution in [0.15, 0.2) is 48.8 Å². The minimum atomic E-state index is -4.26. The largest absolute Gasteiger partial charge is 0.389 e. The molecule has 3 aromatic rings. The van der Waals surface area contributed by atoms with Crippen molar-refractivity contribution < 1.29 is 13.2 Å². The summed E-state index contributed by atoms with van der Waals surface area (Å²) in [7, 11) is 0. The van der Waals surface area contributed by atoms with Gasteiger partial charge in [-0.05, 0) is 36.2 Å². The van der Waals surface area contributed by atoms with Gasteiger partial charge >= 0.3 is 6.18 Å². The Morgan fingerprint density at radius 3 is 2.53 bits per heavy atom. The lowest BCUT2D eigenvalue weighted by Crippen LogP contribution is -2.29. The van der Waals surface area contributed by atoms with Gasteiger partial charge in [0.05, 0.1) is 29.8 Å². The number of alkyl halides is 4. The molecule has 0 aliphatic heterocycles. The summed E-state index contributed by atoms with van der Waals surface area (Å²) in [6, 6.07) is 11.9. The predicted octanol–water partition coefficient (Wildman–Crippen LogP) is 4.89. The molecule has 0 aliphatic rings. The van der Waals surface area contributed by atoms with E-state index in [2.05, 4.69) is 16.2 Å². The van der Waals surface area contributed by atoms with Crippen LogP contribution in [0.2, 0.25) is 0 Å². The molecule has 0 unspecified atom stereocenters. The van der Waals surface area contributed by atoms with Crippen molar-refractivity contribution in [3.8, 4) is 28.5 Å². The molecule has 2 aromatic heterocycles. The van der Waals surface area contributed by atoms with Crippen LogP contribution in [0.1, 0.15) is 24.1 Å². The van der Waals surface area contributed by atoms with Gasteiger partial charge in [0.1, 0.15) is 5.69 Å². The Bertz CT molecular complexity index is 1040. The maximum absolute atomic E-state index is 12.6. The first-order valence-corrected chi connectivity index (χ1v) is 9.74. The molecule has 3 rings (SSSR count). The second-order valence-corrected chi connectivity index (χ2v) is 7.10. The predicted molar refractivity (Wildman–Crippen MR) is 108 cm³/mol. The number of hydrogen-bond donors (Lipinski definition) is 1. The van der Waals surface area contributed by atoms with Crippen LogP contribution in [0.3, 0.4) is 0 Å². The van der Waals surface area contributed by atoms with Crippen molar-refractivity contribution in [1.29, 1.82) is 5.26 Å². The molecule has 0 fully saturated rings. The van der Waals surface area contributed by atoms with Crippen molar-refractivity contribution in [2.24, 2.45) is 5.73 Å². The molecule has 0 bridgehead atoms. The topological polar surface area (TPSA) is 80.5 Å². The SMILES string of the molecule is N#Cc1cccc(-c2nn(C[C@H](N)CCC(F)(F)F)c(CCl)c2-c2ccncc2)c1. The van der Waals surface area contributed by atoms with E-state index in [1.807, 2.05) is 6.07 Å². The first kappa shape index (κ1) is 21.8. The molecule has 30 heavy (non-hydrogen) atoms. The summed E-state index contributed by atoms with van der Waals surface area (Å²) >= 11 is 6.23. The minimum Gasteiger partial charge on any atom is -0.326 e. The third kappa shape index (κ3) is 5.17. The van der Waals surface area contributed by atoms with Crippen LogP contribution >= 0.6 is 11.6 Å². The van der Waals surface area contributed by atoms with Gasteiger partial charge in [0.25, 0.3) is 0 Å². The molecular formula is C21H19ClF3N5. The molecule has 0 saturated carbocycles. The number of nitrogens with two attached hydrogens (primary N) is 1. The molecule has 156 valence electrons. The molecule has 1 aromatic carbocycles. The Morgan fingerprint density at radius 1 is 1.17 bits per heavy atom. The van der Waals surface area contributed by atoms with E-state index in [-0.39, 0.29) is 18.8 Å². The smallest absolute Gasteiger partial charge is 0.326 e. The molecule has 0 saturated heterocycles. The number of aromatic nitrogens is 3. The molecule has 9 heteroatoms.